The molecule has 1 aromatic heterocycles. The molecule has 0 unspecified atom stereocenters. The molecule has 0 saturated heterocycles. The molecule has 0 radical (unpaired) electrons. The number of Topliss-reactive ketones (excluding diaryl/α,β-unsaturated/α-hetero) is 1. The van der Waals surface area contributed by atoms with Crippen LogP contribution in [0.2, 0.25) is 0 Å². The highest BCUT2D eigenvalue weighted by Crippen LogP contribution is 1.96. The first-order valence-electron chi connectivity index (χ1n) is 3.15. The van der Waals surface area contributed by atoms with Gasteiger partial charge in [0.25, 0.3) is 0 Å². The third kappa shape index (κ3) is 2.18. The molecule has 0 amide bonds. The number of hydrogen-bond donors (Lipinski definition) is 0. The van der Waals surface area contributed by atoms with Crippen molar-refractivity contribution in [3.8, 4) is 6.07 Å². The summed E-state index contributed by atoms with van der Waals surface area (Å²) >= 11 is 0. The lowest BCUT2D eigenvalue weighted by Crippen LogP contribution is -1.98. The highest BCUT2D eigenvalue weighted by Gasteiger charge is 1.99. The average Bonchev–Trinajstić information content (AvgIpc) is 2.06. The van der Waals surface area contributed by atoms with Gasteiger partial charge in [-0.25, -0.2) is 0 Å². The number of hydrogen-bond acceptors (Lipinski definition) is 3. The van der Waals surface area contributed by atoms with Gasteiger partial charge in [-0.15, -0.1) is 0 Å². The molecule has 11 heavy (non-hydrogen) atoms. The second-order valence-electron chi connectivity index (χ2n) is 2.07. The Morgan fingerprint density at radius 3 is 3.09 bits per heavy atom. The van der Waals surface area contributed by atoms with E-state index in [0.717, 1.165) is 5.56 Å². The second-order valence-corrected chi connectivity index (χ2v) is 2.07. The number of aromatic nitrogens is 1. The van der Waals surface area contributed by atoms with Crippen molar-refractivity contribution >= 4 is 5.78 Å². The highest BCUT2D eigenvalue weighted by atomic mass is 16.1. The molecule has 1 rings (SSSR count). The molecule has 0 aromatic carbocycles. The molecule has 0 spiro atoms. The van der Waals surface area contributed by atoms with Gasteiger partial charge in [-0.3, -0.25) is 9.78 Å². The molecule has 0 bridgehead atoms. The molecule has 0 aliphatic heterocycles. The molecule has 0 saturated carbocycles. The smallest absolute Gasteiger partial charge is 0.236 e. The lowest BCUT2D eigenvalue weighted by Gasteiger charge is -1.91. The third-order valence-corrected chi connectivity index (χ3v) is 1.21. The van der Waals surface area contributed by atoms with Crippen LogP contribution in [0.1, 0.15) is 5.56 Å². The summed E-state index contributed by atoms with van der Waals surface area (Å²) in [6.07, 6.45) is 3.36. The van der Waals surface area contributed by atoms with Gasteiger partial charge in [0.15, 0.2) is 0 Å². The molecule has 54 valence electrons. The van der Waals surface area contributed by atoms with Crippen molar-refractivity contribution < 1.29 is 4.79 Å². The Labute approximate surface area is 64.3 Å². The summed E-state index contributed by atoms with van der Waals surface area (Å²) in [7, 11) is 0. The zero-order chi connectivity index (χ0) is 8.10. The maximum absolute atomic E-state index is 10.6. The molecule has 0 aliphatic carbocycles. The van der Waals surface area contributed by atoms with E-state index >= 15 is 0 Å². The van der Waals surface area contributed by atoms with Gasteiger partial charge in [-0.1, -0.05) is 6.07 Å². The maximum atomic E-state index is 10.6. The van der Waals surface area contributed by atoms with E-state index in [9.17, 15) is 4.79 Å². The summed E-state index contributed by atoms with van der Waals surface area (Å²) in [5.41, 5.74) is 0.777. The standard InChI is InChI=1S/C8H6N2O/c9-5-8(11)4-7-2-1-3-10-6-7/h1-3,6H,4H2. The fraction of sp³-hybridized carbons (Fsp3) is 0.125. The predicted octanol–water partition coefficient (Wildman–Crippen LogP) is 0.717. The molecule has 0 atom stereocenters. The summed E-state index contributed by atoms with van der Waals surface area (Å²) < 4.78 is 0. The van der Waals surface area contributed by atoms with E-state index in [4.69, 9.17) is 5.26 Å². The molecular formula is C8H6N2O. The van der Waals surface area contributed by atoms with E-state index in [1.54, 1.807) is 30.6 Å². The van der Waals surface area contributed by atoms with E-state index < -0.39 is 5.78 Å². The molecule has 0 aliphatic rings. The minimum atomic E-state index is -0.432. The summed E-state index contributed by atoms with van der Waals surface area (Å²) in [6.45, 7) is 0. The Morgan fingerprint density at radius 2 is 2.55 bits per heavy atom. The zero-order valence-electron chi connectivity index (χ0n) is 5.82. The first-order chi connectivity index (χ1) is 5.33. The molecular weight excluding hydrogens is 140 g/mol. The lowest BCUT2D eigenvalue weighted by atomic mass is 10.1. The Balaban J connectivity index is 2.67. The van der Waals surface area contributed by atoms with Gasteiger partial charge in [0, 0.05) is 18.8 Å². The lowest BCUT2D eigenvalue weighted by molar-refractivity contribution is -0.113. The van der Waals surface area contributed by atoms with Gasteiger partial charge in [0.2, 0.25) is 5.78 Å². The maximum Gasteiger partial charge on any atom is 0.236 e. The van der Waals surface area contributed by atoms with Crippen LogP contribution in [0.4, 0.5) is 0 Å². The summed E-state index contributed by atoms with van der Waals surface area (Å²) in [6, 6.07) is 5.05. The number of pyridine rings is 1. The normalized spacial score (nSPS) is 8.64. The average molecular weight is 146 g/mol. The number of carbonyl (C=O) groups is 1. The summed E-state index contributed by atoms with van der Waals surface area (Å²) in [5.74, 6) is -0.432. The van der Waals surface area contributed by atoms with Crippen LogP contribution in [-0.2, 0) is 11.2 Å². The minimum Gasteiger partial charge on any atom is -0.282 e. The molecule has 1 aromatic rings. The quantitative estimate of drug-likeness (QED) is 0.577. The van der Waals surface area contributed by atoms with E-state index in [-0.39, 0.29) is 6.42 Å². The summed E-state index contributed by atoms with van der Waals surface area (Å²) in [4.78, 5) is 14.4. The molecule has 3 nitrogen and oxygen atoms in total. The van der Waals surface area contributed by atoms with Crippen molar-refractivity contribution in [1.29, 1.82) is 5.26 Å². The van der Waals surface area contributed by atoms with E-state index in [2.05, 4.69) is 4.98 Å². The van der Waals surface area contributed by atoms with Crippen molar-refractivity contribution in [2.75, 3.05) is 0 Å². The fourth-order valence-corrected chi connectivity index (χ4v) is 0.728. The van der Waals surface area contributed by atoms with Crippen LogP contribution in [0, 0.1) is 11.3 Å². The number of rotatable bonds is 2. The zero-order valence-corrected chi connectivity index (χ0v) is 5.82. The van der Waals surface area contributed by atoms with Crippen molar-refractivity contribution in [3.63, 3.8) is 0 Å². The Morgan fingerprint density at radius 1 is 1.73 bits per heavy atom. The first kappa shape index (κ1) is 7.42. The third-order valence-electron chi connectivity index (χ3n) is 1.21. The Kier molecular flexibility index (Phi) is 2.34. The molecule has 0 N–H and O–H groups in total. The van der Waals surface area contributed by atoms with Crippen molar-refractivity contribution in [2.24, 2.45) is 0 Å². The van der Waals surface area contributed by atoms with Gasteiger partial charge in [0.1, 0.15) is 6.07 Å². The fourth-order valence-electron chi connectivity index (χ4n) is 0.728. The Bertz CT molecular complexity index is 287. The van der Waals surface area contributed by atoms with Crippen molar-refractivity contribution in [1.82, 2.24) is 4.98 Å². The SMILES string of the molecule is N#CC(=O)Cc1cccnc1. The monoisotopic (exact) mass is 146 g/mol. The first-order valence-corrected chi connectivity index (χ1v) is 3.15. The van der Waals surface area contributed by atoms with Gasteiger partial charge in [-0.2, -0.15) is 5.26 Å². The van der Waals surface area contributed by atoms with Crippen LogP contribution in [-0.4, -0.2) is 10.8 Å². The van der Waals surface area contributed by atoms with Gasteiger partial charge >= 0.3 is 0 Å². The minimum absolute atomic E-state index is 0.157. The number of nitriles is 1. The van der Waals surface area contributed by atoms with Crippen LogP contribution < -0.4 is 0 Å². The molecule has 3 heteroatoms. The van der Waals surface area contributed by atoms with E-state index in [1.807, 2.05) is 0 Å². The molecule has 0 fully saturated rings. The topological polar surface area (TPSA) is 53.8 Å². The van der Waals surface area contributed by atoms with Crippen LogP contribution in [0.25, 0.3) is 0 Å². The number of nitrogens with zero attached hydrogens (tertiary/aromatic N) is 2. The van der Waals surface area contributed by atoms with E-state index in [0.29, 0.717) is 0 Å². The summed E-state index contributed by atoms with van der Waals surface area (Å²) in [5, 5.41) is 8.18. The van der Waals surface area contributed by atoms with E-state index in [1.165, 1.54) is 0 Å². The Hall–Kier alpha value is -1.69. The number of ketones is 1. The van der Waals surface area contributed by atoms with Crippen molar-refractivity contribution in [3.05, 3.63) is 30.1 Å². The second kappa shape index (κ2) is 3.47. The largest absolute Gasteiger partial charge is 0.282 e. The van der Waals surface area contributed by atoms with Crippen LogP contribution in [0.5, 0.6) is 0 Å². The van der Waals surface area contributed by atoms with Crippen molar-refractivity contribution in [2.45, 2.75) is 6.42 Å². The molecule has 1 heterocycles. The predicted molar refractivity (Wildman–Crippen MR) is 38.6 cm³/mol. The highest BCUT2D eigenvalue weighted by molar-refractivity contribution is 5.94. The van der Waals surface area contributed by atoms with Gasteiger partial charge < -0.3 is 0 Å². The van der Waals surface area contributed by atoms with Crippen LogP contribution in [0.15, 0.2) is 24.5 Å². The van der Waals surface area contributed by atoms with Crippen LogP contribution in [0.3, 0.4) is 0 Å². The van der Waals surface area contributed by atoms with Gasteiger partial charge in [-0.05, 0) is 11.6 Å². The number of carbonyl (C=O) groups excluding carboxylic acids is 1. The van der Waals surface area contributed by atoms with Gasteiger partial charge in [0.05, 0.1) is 0 Å². The van der Waals surface area contributed by atoms with Crippen LogP contribution >= 0.6 is 0 Å².